The molecule has 0 radical (unpaired) electrons. The van der Waals surface area contributed by atoms with Gasteiger partial charge in [0.2, 0.25) is 0 Å². The minimum absolute atomic E-state index is 0. The molecule has 1 atom stereocenters. The van der Waals surface area contributed by atoms with Gasteiger partial charge in [0.05, 0.1) is 16.3 Å². The van der Waals surface area contributed by atoms with Crippen LogP contribution >= 0.6 is 11.3 Å². The number of hydrogen-bond acceptors (Lipinski definition) is 8. The monoisotopic (exact) mass is 426 g/mol. The van der Waals surface area contributed by atoms with Gasteiger partial charge in [0.15, 0.2) is 11.8 Å². The molecule has 0 fully saturated rings. The Balaban J connectivity index is 0.00000280. The molecule has 3 rings (SSSR count). The van der Waals surface area contributed by atoms with Crippen LogP contribution in [0.25, 0.3) is 20.8 Å². The Morgan fingerprint density at radius 3 is 2.54 bits per heavy atom. The number of amides is 1. The molecule has 0 aliphatic heterocycles. The Hall–Kier alpha value is -2.16. The fraction of sp³-hybridized carbons (Fsp3) is 0.118. The van der Waals surface area contributed by atoms with Crippen LogP contribution in [0.2, 0.25) is 0 Å². The number of fused-ring (bicyclic) bond motifs is 1. The Kier molecular flexibility index (Phi) is 7.40. The zero-order chi connectivity index (χ0) is 19.6. The zero-order valence-corrected chi connectivity index (χ0v) is 15.7. The van der Waals surface area contributed by atoms with Crippen LogP contribution in [0.5, 0.6) is 5.75 Å². The third-order valence-corrected chi connectivity index (χ3v) is 5.18. The van der Waals surface area contributed by atoms with Crippen LogP contribution in [0, 0.1) is 18.3 Å². The molecule has 1 amide bonds. The standard InChI is InChI=1S/C17H14N4O4S2.Na.H/c1-9-2-7-12-15(14(9)25-27(23)24)26-17(21-12)10-3-5-11(6-4-10)20-13(8-18)16(19)22;;/h2-7,13,20,27H,1H3,(H2,19,22);;. The van der Waals surface area contributed by atoms with E-state index < -0.39 is 22.9 Å². The Morgan fingerprint density at radius 1 is 1.29 bits per heavy atom. The van der Waals surface area contributed by atoms with E-state index in [1.54, 1.807) is 49.4 Å². The molecule has 28 heavy (non-hydrogen) atoms. The van der Waals surface area contributed by atoms with E-state index in [1.165, 1.54) is 11.3 Å². The first kappa shape index (κ1) is 22.1. The number of hydrogen-bond donors (Lipinski definition) is 3. The van der Waals surface area contributed by atoms with Gasteiger partial charge >= 0.3 is 29.6 Å². The molecule has 11 heteroatoms. The SMILES string of the molecule is Cc1ccc2nc(-c3ccc(NC(C#N)C(N)=O)cc3)sc2c1O[SH](=O)=O.[NaH]. The molecule has 0 saturated heterocycles. The van der Waals surface area contributed by atoms with Crippen molar-refractivity contribution in [2.24, 2.45) is 5.73 Å². The van der Waals surface area contributed by atoms with Gasteiger partial charge < -0.3 is 15.2 Å². The number of carbonyl (C=O) groups is 1. The van der Waals surface area contributed by atoms with Gasteiger partial charge in [-0.25, -0.2) is 4.98 Å². The topological polar surface area (TPSA) is 135 Å². The second kappa shape index (κ2) is 9.36. The summed E-state index contributed by atoms with van der Waals surface area (Å²) < 4.78 is 27.5. The van der Waals surface area contributed by atoms with Crippen LogP contribution in [0.15, 0.2) is 36.4 Å². The van der Waals surface area contributed by atoms with Crippen LogP contribution in [-0.2, 0) is 15.8 Å². The molecular weight excluding hydrogens is 411 g/mol. The normalized spacial score (nSPS) is 11.5. The molecule has 0 saturated carbocycles. The van der Waals surface area contributed by atoms with Crippen molar-refractivity contribution in [2.45, 2.75) is 13.0 Å². The van der Waals surface area contributed by atoms with E-state index in [4.69, 9.17) is 15.2 Å². The average Bonchev–Trinajstić information content (AvgIpc) is 3.06. The second-order valence-corrected chi connectivity index (χ2v) is 7.21. The third-order valence-electron chi connectivity index (χ3n) is 3.73. The molecule has 2 aromatic carbocycles. The number of aromatic nitrogens is 1. The van der Waals surface area contributed by atoms with Gasteiger partial charge in [-0.3, -0.25) is 4.79 Å². The number of benzene rings is 2. The molecule has 1 aromatic heterocycles. The van der Waals surface area contributed by atoms with Gasteiger partial charge in [-0.1, -0.05) is 6.07 Å². The number of thiazole rings is 1. The molecule has 1 heterocycles. The summed E-state index contributed by atoms with van der Waals surface area (Å²) in [4.78, 5) is 15.7. The van der Waals surface area contributed by atoms with Crippen LogP contribution in [0.1, 0.15) is 5.56 Å². The summed E-state index contributed by atoms with van der Waals surface area (Å²) >= 11 is 1.31. The van der Waals surface area contributed by atoms with E-state index in [-0.39, 0.29) is 35.3 Å². The summed E-state index contributed by atoms with van der Waals surface area (Å²) in [6, 6.07) is 11.2. The van der Waals surface area contributed by atoms with Crippen molar-refractivity contribution >= 4 is 73.7 Å². The first-order valence-electron chi connectivity index (χ1n) is 7.67. The van der Waals surface area contributed by atoms with Gasteiger partial charge in [0.25, 0.3) is 16.9 Å². The summed E-state index contributed by atoms with van der Waals surface area (Å²) in [6.07, 6.45) is 0. The molecule has 3 N–H and O–H groups in total. The maximum absolute atomic E-state index is 11.1. The van der Waals surface area contributed by atoms with Gasteiger partial charge in [-0.15, -0.1) is 11.3 Å². The number of aryl methyl sites for hydroxylation is 1. The predicted octanol–water partition coefficient (Wildman–Crippen LogP) is 1.32. The van der Waals surface area contributed by atoms with E-state index in [0.717, 1.165) is 5.56 Å². The van der Waals surface area contributed by atoms with Crippen molar-refractivity contribution in [1.82, 2.24) is 4.98 Å². The number of nitrogens with one attached hydrogen (secondary N) is 1. The number of rotatable bonds is 6. The van der Waals surface area contributed by atoms with Crippen molar-refractivity contribution in [3.05, 3.63) is 42.0 Å². The number of thiol groups is 1. The van der Waals surface area contributed by atoms with Gasteiger partial charge in [-0.2, -0.15) is 13.7 Å². The Bertz CT molecular complexity index is 1130. The molecule has 0 aliphatic carbocycles. The van der Waals surface area contributed by atoms with Crippen LogP contribution < -0.4 is 15.2 Å². The Morgan fingerprint density at radius 2 is 1.96 bits per heavy atom. The minimum atomic E-state index is -3.02. The first-order valence-corrected chi connectivity index (χ1v) is 9.58. The molecular formula is C17H15N4NaO4S2. The summed E-state index contributed by atoms with van der Waals surface area (Å²) in [7, 11) is -3.02. The quantitative estimate of drug-likeness (QED) is 0.400. The number of nitrogens with zero attached hydrogens (tertiary/aromatic N) is 2. The van der Waals surface area contributed by atoms with E-state index in [9.17, 15) is 13.2 Å². The molecule has 0 spiro atoms. The average molecular weight is 426 g/mol. The number of nitrogens with two attached hydrogens (primary N) is 1. The van der Waals surface area contributed by atoms with Crippen molar-refractivity contribution in [2.75, 3.05) is 5.32 Å². The van der Waals surface area contributed by atoms with Crippen LogP contribution in [0.3, 0.4) is 0 Å². The van der Waals surface area contributed by atoms with E-state index in [1.807, 2.05) is 0 Å². The Labute approximate surface area is 188 Å². The first-order chi connectivity index (χ1) is 12.9. The molecule has 1 unspecified atom stereocenters. The van der Waals surface area contributed by atoms with Crippen LogP contribution in [-0.4, -0.2) is 54.9 Å². The van der Waals surface area contributed by atoms with E-state index in [2.05, 4.69) is 10.3 Å². The summed E-state index contributed by atoms with van der Waals surface area (Å²) in [6.45, 7) is 1.76. The van der Waals surface area contributed by atoms with Crippen molar-refractivity contribution in [3.63, 3.8) is 0 Å². The second-order valence-electron chi connectivity index (χ2n) is 5.58. The summed E-state index contributed by atoms with van der Waals surface area (Å²) in [5.74, 6) is -0.476. The zero-order valence-electron chi connectivity index (χ0n) is 14.0. The van der Waals surface area contributed by atoms with Crippen LogP contribution in [0.4, 0.5) is 5.69 Å². The van der Waals surface area contributed by atoms with E-state index >= 15 is 0 Å². The number of nitriles is 1. The molecule has 0 bridgehead atoms. The maximum atomic E-state index is 11.1. The van der Waals surface area contributed by atoms with Gasteiger partial charge in [-0.05, 0) is 42.8 Å². The van der Waals surface area contributed by atoms with E-state index in [0.29, 0.717) is 26.5 Å². The van der Waals surface area contributed by atoms with Crippen molar-refractivity contribution < 1.29 is 17.4 Å². The third kappa shape index (κ3) is 4.81. The molecule has 3 aromatic rings. The number of primary amides is 1. The summed E-state index contributed by atoms with van der Waals surface area (Å²) in [5, 5.41) is 12.3. The number of carbonyl (C=O) groups excluding carboxylic acids is 1. The molecule has 140 valence electrons. The molecule has 8 nitrogen and oxygen atoms in total. The summed E-state index contributed by atoms with van der Waals surface area (Å²) in [5.41, 5.74) is 7.82. The van der Waals surface area contributed by atoms with Gasteiger partial charge in [0, 0.05) is 11.3 Å². The van der Waals surface area contributed by atoms with Gasteiger partial charge in [0.1, 0.15) is 5.01 Å². The fourth-order valence-corrected chi connectivity index (χ4v) is 3.97. The number of anilines is 1. The predicted molar refractivity (Wildman–Crippen MR) is 110 cm³/mol. The van der Waals surface area contributed by atoms with Crippen molar-refractivity contribution in [1.29, 1.82) is 5.26 Å². The fourth-order valence-electron chi connectivity index (χ4n) is 2.42. The van der Waals surface area contributed by atoms with Crippen molar-refractivity contribution in [3.8, 4) is 22.4 Å². The molecule has 0 aliphatic rings.